The van der Waals surface area contributed by atoms with Crippen molar-refractivity contribution >= 4 is 26.2 Å². The zero-order valence-corrected chi connectivity index (χ0v) is 16.6. The molecule has 1 atom stereocenters. The first-order valence-corrected chi connectivity index (χ1v) is 10.5. The molecule has 0 aliphatic rings. The predicted molar refractivity (Wildman–Crippen MR) is 88.8 cm³/mol. The lowest BCUT2D eigenvalue weighted by molar-refractivity contribution is -0.152. The van der Waals surface area contributed by atoms with Crippen molar-refractivity contribution < 1.29 is 61.4 Å². The fourth-order valence-corrected chi connectivity index (χ4v) is 2.18. The minimum atomic E-state index is -5.87. The van der Waals surface area contributed by atoms with Crippen LogP contribution in [0.1, 0.15) is 18.9 Å². The van der Waals surface area contributed by atoms with Crippen LogP contribution in [0.4, 0.5) is 26.3 Å². The van der Waals surface area contributed by atoms with Crippen molar-refractivity contribution in [2.75, 3.05) is 6.61 Å². The minimum absolute atomic E-state index is 0.101. The smallest absolute Gasteiger partial charge is 0.464 e. The molecule has 8 nitrogen and oxygen atoms in total. The topological polar surface area (TPSA) is 124 Å². The molecule has 0 amide bonds. The Hall–Kier alpha value is -1.91. The normalized spacial score (nSPS) is 13.7. The predicted octanol–water partition coefficient (Wildman–Crippen LogP) is 2.81. The monoisotopic (exact) mass is 490 g/mol. The van der Waals surface area contributed by atoms with E-state index in [1.54, 1.807) is 30.3 Å². The molecular formula is C14H16F6O8S2. The van der Waals surface area contributed by atoms with Gasteiger partial charge in [-0.3, -0.25) is 4.55 Å². The molecular weight excluding hydrogens is 474 g/mol. The maximum Gasteiger partial charge on any atom is 0.523 e. The van der Waals surface area contributed by atoms with Gasteiger partial charge in [0.2, 0.25) is 0 Å². The third-order valence-corrected chi connectivity index (χ3v) is 4.54. The molecule has 1 N–H and O–H groups in total. The Morgan fingerprint density at radius 3 is 1.83 bits per heavy atom. The second-order valence-electron chi connectivity index (χ2n) is 5.18. The van der Waals surface area contributed by atoms with Crippen LogP contribution in [0.15, 0.2) is 30.3 Å². The Labute approximate surface area is 167 Å². The quantitative estimate of drug-likeness (QED) is 0.204. The number of carbonyl (C=O) groups excluding carboxylic acids is 1. The van der Waals surface area contributed by atoms with E-state index in [0.29, 0.717) is 0 Å². The lowest BCUT2D eigenvalue weighted by Crippen LogP contribution is -2.35. The molecule has 0 fully saturated rings. The minimum Gasteiger partial charge on any atom is -0.464 e. The maximum atomic E-state index is 12.3. The van der Waals surface area contributed by atoms with Gasteiger partial charge in [-0.15, -0.1) is 0 Å². The summed E-state index contributed by atoms with van der Waals surface area (Å²) in [6.07, 6.45) is -1.93. The molecule has 0 aromatic heterocycles. The van der Waals surface area contributed by atoms with E-state index in [9.17, 15) is 39.6 Å². The Morgan fingerprint density at radius 1 is 1.00 bits per heavy atom. The number of ether oxygens (including phenoxy) is 1. The molecule has 0 aliphatic heterocycles. The van der Waals surface area contributed by atoms with Gasteiger partial charge in [0.25, 0.3) is 0 Å². The molecule has 0 bridgehead atoms. The first-order valence-electron chi connectivity index (χ1n) is 7.66. The Balaban J connectivity index is 0.000000890. The van der Waals surface area contributed by atoms with Crippen LogP contribution in [0.3, 0.4) is 0 Å². The standard InChI is InChI=1S/C13H15F3O5S.CHF3O3S/c1-2-20-12(17)11(21-22(18,19)13(14,15)16)9-8-10-6-4-3-5-7-10;2-1(3,4)8(5,6)7/h3-7,11H,2,8-9H2,1H3;(H,5,6,7)/t11-;/m1./s1. The van der Waals surface area contributed by atoms with Crippen LogP contribution in [-0.2, 0) is 40.4 Å². The fraction of sp³-hybridized carbons (Fsp3) is 0.500. The van der Waals surface area contributed by atoms with Gasteiger partial charge < -0.3 is 4.74 Å². The van der Waals surface area contributed by atoms with Gasteiger partial charge in [0.05, 0.1) is 6.61 Å². The van der Waals surface area contributed by atoms with Gasteiger partial charge in [-0.2, -0.15) is 43.2 Å². The molecule has 174 valence electrons. The average Bonchev–Trinajstić information content (AvgIpc) is 2.57. The first-order chi connectivity index (χ1) is 13.4. The van der Waals surface area contributed by atoms with Crippen LogP contribution < -0.4 is 0 Å². The van der Waals surface area contributed by atoms with Crippen molar-refractivity contribution in [1.29, 1.82) is 0 Å². The zero-order chi connectivity index (χ0) is 23.8. The first kappa shape index (κ1) is 28.1. The Kier molecular flexibility index (Phi) is 10.2. The summed E-state index contributed by atoms with van der Waals surface area (Å²) in [5.74, 6) is -1.15. The third kappa shape index (κ3) is 9.73. The maximum absolute atomic E-state index is 12.3. The van der Waals surface area contributed by atoms with E-state index in [2.05, 4.69) is 8.92 Å². The van der Waals surface area contributed by atoms with E-state index in [4.69, 9.17) is 13.0 Å². The summed E-state index contributed by atoms with van der Waals surface area (Å²) in [6.45, 7) is 1.35. The summed E-state index contributed by atoms with van der Waals surface area (Å²) in [4.78, 5) is 11.6. The second-order valence-corrected chi connectivity index (χ2v) is 8.16. The summed E-state index contributed by atoms with van der Waals surface area (Å²) in [6, 6.07) is 8.56. The molecule has 0 saturated carbocycles. The summed E-state index contributed by atoms with van der Waals surface area (Å²) < 4.78 is 125. The Bertz CT molecular complexity index is 879. The van der Waals surface area contributed by atoms with Crippen LogP contribution in [0.5, 0.6) is 0 Å². The van der Waals surface area contributed by atoms with Gasteiger partial charge in [-0.25, -0.2) is 8.98 Å². The lowest BCUT2D eigenvalue weighted by atomic mass is 10.1. The van der Waals surface area contributed by atoms with E-state index in [1.165, 1.54) is 6.92 Å². The van der Waals surface area contributed by atoms with Gasteiger partial charge >= 0.3 is 37.2 Å². The number of carbonyl (C=O) groups is 1. The highest BCUT2D eigenvalue weighted by molar-refractivity contribution is 7.87. The van der Waals surface area contributed by atoms with Gasteiger partial charge in [0.15, 0.2) is 6.10 Å². The van der Waals surface area contributed by atoms with Crippen LogP contribution in [0, 0.1) is 0 Å². The number of alkyl halides is 6. The van der Waals surface area contributed by atoms with Crippen molar-refractivity contribution in [1.82, 2.24) is 0 Å². The third-order valence-electron chi connectivity index (χ3n) is 2.91. The highest BCUT2D eigenvalue weighted by Crippen LogP contribution is 2.27. The molecule has 16 heteroatoms. The number of rotatable bonds is 7. The molecule has 30 heavy (non-hydrogen) atoms. The molecule has 1 aromatic rings. The van der Waals surface area contributed by atoms with Crippen LogP contribution in [0.25, 0.3) is 0 Å². The number of esters is 1. The highest BCUT2D eigenvalue weighted by atomic mass is 32.2. The molecule has 0 heterocycles. The zero-order valence-electron chi connectivity index (χ0n) is 15.0. The molecule has 1 rings (SSSR count). The Morgan fingerprint density at radius 2 is 1.47 bits per heavy atom. The molecule has 0 spiro atoms. The highest BCUT2D eigenvalue weighted by Gasteiger charge is 2.49. The van der Waals surface area contributed by atoms with Crippen molar-refractivity contribution in [3.05, 3.63) is 35.9 Å². The number of benzene rings is 1. The average molecular weight is 490 g/mol. The van der Waals surface area contributed by atoms with E-state index in [0.717, 1.165) is 5.56 Å². The summed E-state index contributed by atoms with van der Waals surface area (Å²) >= 11 is 0. The van der Waals surface area contributed by atoms with E-state index in [-0.39, 0.29) is 19.4 Å². The number of hydrogen-bond donors (Lipinski definition) is 1. The number of aryl methyl sites for hydroxylation is 1. The van der Waals surface area contributed by atoms with Crippen molar-refractivity contribution in [2.45, 2.75) is 36.9 Å². The van der Waals surface area contributed by atoms with Gasteiger partial charge in [-0.1, -0.05) is 30.3 Å². The largest absolute Gasteiger partial charge is 0.523 e. The fourth-order valence-electron chi connectivity index (χ4n) is 1.59. The van der Waals surface area contributed by atoms with E-state index >= 15 is 0 Å². The van der Waals surface area contributed by atoms with Gasteiger partial charge in [0.1, 0.15) is 0 Å². The SMILES string of the molecule is CCOC(=O)[C@@H](CCc1ccccc1)OS(=O)(=O)C(F)(F)F.O=S(=O)(O)C(F)(F)F. The number of halogens is 6. The van der Waals surface area contributed by atoms with Crippen molar-refractivity contribution in [3.63, 3.8) is 0 Å². The molecule has 0 saturated heterocycles. The van der Waals surface area contributed by atoms with E-state index < -0.39 is 43.3 Å². The molecule has 1 aromatic carbocycles. The van der Waals surface area contributed by atoms with E-state index in [1.807, 2.05) is 0 Å². The number of hydrogen-bond acceptors (Lipinski definition) is 7. The van der Waals surface area contributed by atoms with Crippen LogP contribution >= 0.6 is 0 Å². The summed E-state index contributed by atoms with van der Waals surface area (Å²) in [5.41, 5.74) is -10.4. The van der Waals surface area contributed by atoms with Gasteiger partial charge in [-0.05, 0) is 25.3 Å². The van der Waals surface area contributed by atoms with Crippen LogP contribution in [-0.4, -0.2) is 51.1 Å². The summed E-state index contributed by atoms with van der Waals surface area (Å²) in [5, 5.41) is 0. The second kappa shape index (κ2) is 10.9. The lowest BCUT2D eigenvalue weighted by Gasteiger charge is -2.17. The van der Waals surface area contributed by atoms with Crippen molar-refractivity contribution in [2.24, 2.45) is 0 Å². The van der Waals surface area contributed by atoms with Crippen LogP contribution in [0.2, 0.25) is 0 Å². The summed E-state index contributed by atoms with van der Waals surface area (Å²) in [7, 11) is -11.7. The molecule has 0 unspecified atom stereocenters. The van der Waals surface area contributed by atoms with Crippen molar-refractivity contribution in [3.8, 4) is 0 Å². The molecule has 0 aliphatic carbocycles. The molecule has 0 radical (unpaired) electrons. The van der Waals surface area contributed by atoms with Gasteiger partial charge in [0, 0.05) is 0 Å².